The molecule has 5 rings (SSSR count). The SMILES string of the molecule is CCOc1ccc2nc(Nc3nc4c(c(-c5ccccc5)n3)CCCC4)nc(C)c2c1. The summed E-state index contributed by atoms with van der Waals surface area (Å²) in [7, 11) is 0. The fraction of sp³-hybridized carbons (Fsp3) is 0.280. The Bertz CT molecular complexity index is 1240. The standard InChI is InChI=1S/C25H25N5O/c1-3-31-18-13-14-22-20(15-18)16(2)26-24(28-22)30-25-27-21-12-8-7-11-19(21)23(29-25)17-9-5-4-6-10-17/h4-6,9-10,13-15H,3,7-8,11-12H2,1-2H3,(H,26,27,28,29,30). The van der Waals surface area contributed by atoms with Crippen molar-refractivity contribution in [1.29, 1.82) is 0 Å². The third-order valence-corrected chi connectivity index (χ3v) is 5.62. The largest absolute Gasteiger partial charge is 0.494 e. The molecule has 0 unspecified atom stereocenters. The van der Waals surface area contributed by atoms with Crippen molar-refractivity contribution in [2.24, 2.45) is 0 Å². The number of benzene rings is 2. The van der Waals surface area contributed by atoms with Crippen molar-refractivity contribution in [1.82, 2.24) is 19.9 Å². The zero-order chi connectivity index (χ0) is 21.2. The molecule has 2 heterocycles. The minimum atomic E-state index is 0.504. The summed E-state index contributed by atoms with van der Waals surface area (Å²) < 4.78 is 5.61. The van der Waals surface area contributed by atoms with Crippen LogP contribution in [0.3, 0.4) is 0 Å². The van der Waals surface area contributed by atoms with Crippen LogP contribution in [0, 0.1) is 6.92 Å². The van der Waals surface area contributed by atoms with Crippen LogP contribution in [0.5, 0.6) is 5.75 Å². The Kier molecular flexibility index (Phi) is 5.20. The summed E-state index contributed by atoms with van der Waals surface area (Å²) >= 11 is 0. The molecule has 0 amide bonds. The van der Waals surface area contributed by atoms with Gasteiger partial charge in [0.2, 0.25) is 11.9 Å². The summed E-state index contributed by atoms with van der Waals surface area (Å²) in [5.74, 6) is 1.88. The van der Waals surface area contributed by atoms with Crippen molar-refractivity contribution in [3.8, 4) is 17.0 Å². The number of hydrogen-bond donors (Lipinski definition) is 1. The van der Waals surface area contributed by atoms with Gasteiger partial charge < -0.3 is 4.74 Å². The summed E-state index contributed by atoms with van der Waals surface area (Å²) in [6.07, 6.45) is 4.34. The molecule has 0 atom stereocenters. The van der Waals surface area contributed by atoms with Crippen LogP contribution in [0.2, 0.25) is 0 Å². The molecule has 0 saturated heterocycles. The highest BCUT2D eigenvalue weighted by Crippen LogP contribution is 2.31. The molecule has 1 N–H and O–H groups in total. The molecule has 6 heteroatoms. The first-order valence-corrected chi connectivity index (χ1v) is 10.8. The highest BCUT2D eigenvalue weighted by atomic mass is 16.5. The van der Waals surface area contributed by atoms with Gasteiger partial charge in [0.05, 0.1) is 23.5 Å². The van der Waals surface area contributed by atoms with Crippen LogP contribution in [-0.4, -0.2) is 26.5 Å². The van der Waals surface area contributed by atoms with Gasteiger partial charge in [-0.15, -0.1) is 0 Å². The van der Waals surface area contributed by atoms with Crippen molar-refractivity contribution >= 4 is 22.8 Å². The molecule has 0 bridgehead atoms. The third kappa shape index (κ3) is 3.93. The van der Waals surface area contributed by atoms with Crippen molar-refractivity contribution in [2.45, 2.75) is 39.5 Å². The molecule has 0 spiro atoms. The zero-order valence-electron chi connectivity index (χ0n) is 17.9. The maximum atomic E-state index is 5.61. The smallest absolute Gasteiger partial charge is 0.230 e. The van der Waals surface area contributed by atoms with E-state index in [1.807, 2.05) is 50.2 Å². The summed E-state index contributed by atoms with van der Waals surface area (Å²) in [4.78, 5) is 19.0. The number of aryl methyl sites for hydroxylation is 2. The lowest BCUT2D eigenvalue weighted by Gasteiger charge is -2.19. The van der Waals surface area contributed by atoms with E-state index in [-0.39, 0.29) is 0 Å². The van der Waals surface area contributed by atoms with E-state index in [4.69, 9.17) is 14.7 Å². The first kappa shape index (κ1) is 19.4. The number of nitrogens with zero attached hydrogens (tertiary/aromatic N) is 4. The summed E-state index contributed by atoms with van der Waals surface area (Å²) in [5, 5.41) is 4.24. The lowest BCUT2D eigenvalue weighted by molar-refractivity contribution is 0.340. The second-order valence-electron chi connectivity index (χ2n) is 7.76. The Morgan fingerprint density at radius 2 is 1.71 bits per heavy atom. The molecule has 2 aromatic heterocycles. The average molecular weight is 412 g/mol. The topological polar surface area (TPSA) is 72.8 Å². The highest BCUT2D eigenvalue weighted by Gasteiger charge is 2.19. The molecule has 156 valence electrons. The van der Waals surface area contributed by atoms with Crippen LogP contribution in [0.15, 0.2) is 48.5 Å². The number of rotatable bonds is 5. The highest BCUT2D eigenvalue weighted by molar-refractivity contribution is 5.83. The molecule has 2 aromatic carbocycles. The molecular weight excluding hydrogens is 386 g/mol. The average Bonchev–Trinajstić information content (AvgIpc) is 2.80. The van der Waals surface area contributed by atoms with Gasteiger partial charge in [0.15, 0.2) is 0 Å². The van der Waals surface area contributed by atoms with Gasteiger partial charge >= 0.3 is 0 Å². The van der Waals surface area contributed by atoms with Gasteiger partial charge in [0.1, 0.15) is 5.75 Å². The van der Waals surface area contributed by atoms with Gasteiger partial charge in [-0.2, -0.15) is 0 Å². The predicted molar refractivity (Wildman–Crippen MR) is 123 cm³/mol. The van der Waals surface area contributed by atoms with Gasteiger partial charge in [-0.1, -0.05) is 30.3 Å². The molecule has 31 heavy (non-hydrogen) atoms. The van der Waals surface area contributed by atoms with Crippen LogP contribution >= 0.6 is 0 Å². The molecule has 0 fully saturated rings. The van der Waals surface area contributed by atoms with Crippen LogP contribution in [0.4, 0.5) is 11.9 Å². The Morgan fingerprint density at radius 1 is 0.903 bits per heavy atom. The molecule has 0 radical (unpaired) electrons. The fourth-order valence-corrected chi connectivity index (χ4v) is 4.16. The van der Waals surface area contributed by atoms with Crippen LogP contribution in [0.1, 0.15) is 36.7 Å². The molecule has 0 saturated carbocycles. The first-order chi connectivity index (χ1) is 15.2. The number of fused-ring (bicyclic) bond motifs is 2. The Balaban J connectivity index is 1.54. The Labute approximate surface area is 181 Å². The van der Waals surface area contributed by atoms with E-state index in [0.29, 0.717) is 18.5 Å². The van der Waals surface area contributed by atoms with E-state index < -0.39 is 0 Å². The van der Waals surface area contributed by atoms with Crippen LogP contribution in [0.25, 0.3) is 22.2 Å². The van der Waals surface area contributed by atoms with Crippen LogP contribution in [-0.2, 0) is 12.8 Å². The van der Waals surface area contributed by atoms with E-state index in [2.05, 4.69) is 27.4 Å². The van der Waals surface area contributed by atoms with Crippen molar-refractivity contribution in [3.05, 3.63) is 65.5 Å². The van der Waals surface area contributed by atoms with E-state index in [1.165, 1.54) is 12.0 Å². The molecule has 4 aromatic rings. The number of anilines is 2. The van der Waals surface area contributed by atoms with E-state index in [1.54, 1.807) is 0 Å². The van der Waals surface area contributed by atoms with Gasteiger partial charge in [-0.25, -0.2) is 19.9 Å². The quantitative estimate of drug-likeness (QED) is 0.473. The number of ether oxygens (including phenoxy) is 1. The van der Waals surface area contributed by atoms with Crippen molar-refractivity contribution < 1.29 is 4.74 Å². The second kappa shape index (κ2) is 8.30. The van der Waals surface area contributed by atoms with Gasteiger partial charge in [0, 0.05) is 22.2 Å². The molecule has 6 nitrogen and oxygen atoms in total. The Hall–Kier alpha value is -3.54. The summed E-state index contributed by atoms with van der Waals surface area (Å²) in [5.41, 5.74) is 6.26. The maximum absolute atomic E-state index is 5.61. The second-order valence-corrected chi connectivity index (χ2v) is 7.76. The van der Waals surface area contributed by atoms with Gasteiger partial charge in [-0.3, -0.25) is 5.32 Å². The molecule has 1 aliphatic rings. The normalized spacial score (nSPS) is 13.1. The molecule has 1 aliphatic carbocycles. The minimum absolute atomic E-state index is 0.504. The minimum Gasteiger partial charge on any atom is -0.494 e. The summed E-state index contributed by atoms with van der Waals surface area (Å²) in [6.45, 7) is 4.58. The monoisotopic (exact) mass is 411 g/mol. The summed E-state index contributed by atoms with van der Waals surface area (Å²) in [6, 6.07) is 16.2. The van der Waals surface area contributed by atoms with Crippen molar-refractivity contribution in [3.63, 3.8) is 0 Å². The lowest BCUT2D eigenvalue weighted by atomic mass is 9.92. The van der Waals surface area contributed by atoms with Crippen molar-refractivity contribution in [2.75, 3.05) is 11.9 Å². The van der Waals surface area contributed by atoms with E-state index >= 15 is 0 Å². The number of aromatic nitrogens is 4. The molecule has 0 aliphatic heterocycles. The Morgan fingerprint density at radius 3 is 2.55 bits per heavy atom. The zero-order valence-corrected chi connectivity index (χ0v) is 17.9. The van der Waals surface area contributed by atoms with Gasteiger partial charge in [-0.05, 0) is 57.7 Å². The van der Waals surface area contributed by atoms with E-state index in [0.717, 1.165) is 58.6 Å². The maximum Gasteiger partial charge on any atom is 0.230 e. The van der Waals surface area contributed by atoms with E-state index in [9.17, 15) is 0 Å². The number of hydrogen-bond acceptors (Lipinski definition) is 6. The molecular formula is C25H25N5O. The third-order valence-electron chi connectivity index (χ3n) is 5.62. The fourth-order valence-electron chi connectivity index (χ4n) is 4.16. The lowest BCUT2D eigenvalue weighted by Crippen LogP contribution is -2.12. The van der Waals surface area contributed by atoms with Gasteiger partial charge in [0.25, 0.3) is 0 Å². The first-order valence-electron chi connectivity index (χ1n) is 10.8. The van der Waals surface area contributed by atoms with Crippen LogP contribution < -0.4 is 10.1 Å². The predicted octanol–water partition coefficient (Wildman–Crippen LogP) is 5.42. The number of nitrogens with one attached hydrogen (secondary N) is 1.